The molecule has 1 aromatic heterocycles. The van der Waals surface area contributed by atoms with Gasteiger partial charge in [0.25, 0.3) is 0 Å². The maximum Gasteiger partial charge on any atom is 0.160 e. The van der Waals surface area contributed by atoms with Crippen LogP contribution in [0.15, 0.2) is 24.4 Å². The van der Waals surface area contributed by atoms with Gasteiger partial charge in [-0.25, -0.2) is 0 Å². The van der Waals surface area contributed by atoms with Crippen LogP contribution in [-0.2, 0) is 6.42 Å². The number of nitrogens with two attached hydrogens (primary N) is 1. The van der Waals surface area contributed by atoms with Crippen LogP contribution in [0, 0.1) is 0 Å². The number of rotatable bonds is 3. The van der Waals surface area contributed by atoms with E-state index in [-0.39, 0.29) is 6.04 Å². The molecule has 2 atom stereocenters. The Kier molecular flexibility index (Phi) is 3.36. The van der Waals surface area contributed by atoms with Gasteiger partial charge in [0.05, 0.1) is 20.4 Å². The molecule has 3 N–H and O–H groups in total. The number of hydrogen-bond acceptors (Lipinski definition) is 4. The lowest BCUT2D eigenvalue weighted by atomic mass is 9.81. The molecule has 2 aromatic rings. The molecule has 0 spiro atoms. The van der Waals surface area contributed by atoms with Crippen LogP contribution in [0.25, 0.3) is 0 Å². The average molecular weight is 273 g/mol. The fraction of sp³-hybridized carbons (Fsp3) is 0.400. The smallest absolute Gasteiger partial charge is 0.160 e. The van der Waals surface area contributed by atoms with Crippen molar-refractivity contribution in [1.82, 2.24) is 10.2 Å². The SMILES string of the molecule is COc1ccc(C2Cc3[nH]ncc3C(N)C2)cc1OC. The Hall–Kier alpha value is -2.01. The summed E-state index contributed by atoms with van der Waals surface area (Å²) < 4.78 is 10.7. The number of aromatic amines is 1. The Labute approximate surface area is 118 Å². The molecule has 106 valence electrons. The van der Waals surface area contributed by atoms with Crippen LogP contribution in [0.1, 0.15) is 35.2 Å². The first kappa shape index (κ1) is 13.0. The molecule has 1 heterocycles. The number of ether oxygens (including phenoxy) is 2. The third kappa shape index (κ3) is 2.14. The number of H-pyrrole nitrogens is 1. The van der Waals surface area contributed by atoms with Gasteiger partial charge in [-0.05, 0) is 36.5 Å². The largest absolute Gasteiger partial charge is 0.493 e. The van der Waals surface area contributed by atoms with Crippen molar-refractivity contribution >= 4 is 0 Å². The van der Waals surface area contributed by atoms with Crippen molar-refractivity contribution in [2.75, 3.05) is 14.2 Å². The quantitative estimate of drug-likeness (QED) is 0.898. The molecule has 0 saturated carbocycles. The monoisotopic (exact) mass is 273 g/mol. The highest BCUT2D eigenvalue weighted by Gasteiger charge is 2.27. The van der Waals surface area contributed by atoms with E-state index in [0.717, 1.165) is 35.6 Å². The van der Waals surface area contributed by atoms with Crippen LogP contribution < -0.4 is 15.2 Å². The second-order valence-electron chi connectivity index (χ2n) is 5.16. The summed E-state index contributed by atoms with van der Waals surface area (Å²) in [4.78, 5) is 0. The third-order valence-corrected chi connectivity index (χ3v) is 4.02. The molecule has 1 aliphatic carbocycles. The number of benzene rings is 1. The van der Waals surface area contributed by atoms with Gasteiger partial charge >= 0.3 is 0 Å². The van der Waals surface area contributed by atoms with Crippen molar-refractivity contribution in [2.24, 2.45) is 5.73 Å². The number of methoxy groups -OCH3 is 2. The number of nitrogens with zero attached hydrogens (tertiary/aromatic N) is 1. The Morgan fingerprint density at radius 2 is 2.05 bits per heavy atom. The zero-order valence-corrected chi connectivity index (χ0v) is 11.7. The van der Waals surface area contributed by atoms with Gasteiger partial charge in [0, 0.05) is 17.3 Å². The highest BCUT2D eigenvalue weighted by molar-refractivity contribution is 5.44. The number of aromatic nitrogens is 2. The van der Waals surface area contributed by atoms with Gasteiger partial charge in [-0.3, -0.25) is 5.10 Å². The van der Waals surface area contributed by atoms with E-state index in [4.69, 9.17) is 15.2 Å². The van der Waals surface area contributed by atoms with Crippen LogP contribution >= 0.6 is 0 Å². The van der Waals surface area contributed by atoms with Crippen LogP contribution in [0.4, 0.5) is 0 Å². The van der Waals surface area contributed by atoms with E-state index in [9.17, 15) is 0 Å². The minimum absolute atomic E-state index is 0.0376. The van der Waals surface area contributed by atoms with E-state index < -0.39 is 0 Å². The lowest BCUT2D eigenvalue weighted by Gasteiger charge is -2.27. The lowest BCUT2D eigenvalue weighted by molar-refractivity contribution is 0.353. The first-order valence-corrected chi connectivity index (χ1v) is 6.72. The summed E-state index contributed by atoms with van der Waals surface area (Å²) in [7, 11) is 3.30. The number of fused-ring (bicyclic) bond motifs is 1. The highest BCUT2D eigenvalue weighted by Crippen LogP contribution is 2.39. The second kappa shape index (κ2) is 5.17. The Bertz CT molecular complexity index is 609. The van der Waals surface area contributed by atoms with Gasteiger partial charge in [-0.2, -0.15) is 5.10 Å². The minimum atomic E-state index is 0.0376. The predicted octanol–water partition coefficient (Wildman–Crippen LogP) is 2.16. The van der Waals surface area contributed by atoms with Crippen LogP contribution in [0.2, 0.25) is 0 Å². The molecule has 0 radical (unpaired) electrons. The lowest BCUT2D eigenvalue weighted by Crippen LogP contribution is -2.22. The summed E-state index contributed by atoms with van der Waals surface area (Å²) >= 11 is 0. The predicted molar refractivity (Wildman–Crippen MR) is 76.1 cm³/mol. The van der Waals surface area contributed by atoms with E-state index >= 15 is 0 Å². The number of nitrogens with one attached hydrogen (secondary N) is 1. The van der Waals surface area contributed by atoms with E-state index in [1.807, 2.05) is 18.3 Å². The Morgan fingerprint density at radius 1 is 1.25 bits per heavy atom. The molecule has 2 unspecified atom stereocenters. The molecule has 5 heteroatoms. The average Bonchev–Trinajstić information content (AvgIpc) is 2.95. The van der Waals surface area contributed by atoms with E-state index in [0.29, 0.717) is 5.92 Å². The maximum absolute atomic E-state index is 6.23. The van der Waals surface area contributed by atoms with E-state index in [2.05, 4.69) is 16.3 Å². The van der Waals surface area contributed by atoms with Crippen molar-refractivity contribution in [3.05, 3.63) is 41.2 Å². The molecule has 0 saturated heterocycles. The molecule has 0 amide bonds. The standard InChI is InChI=1S/C15H19N3O2/c1-19-14-4-3-9(7-15(14)20-2)10-5-12(16)11-8-17-18-13(11)6-10/h3-4,7-8,10,12H,5-6,16H2,1-2H3,(H,17,18). The molecular formula is C15H19N3O2. The summed E-state index contributed by atoms with van der Waals surface area (Å²) in [5, 5.41) is 7.15. The molecule has 0 aliphatic heterocycles. The Morgan fingerprint density at radius 3 is 2.80 bits per heavy atom. The fourth-order valence-electron chi connectivity index (χ4n) is 2.93. The zero-order chi connectivity index (χ0) is 14.1. The molecular weight excluding hydrogens is 254 g/mol. The fourth-order valence-corrected chi connectivity index (χ4v) is 2.93. The Balaban J connectivity index is 1.91. The molecule has 1 aliphatic rings. The maximum atomic E-state index is 6.23. The van der Waals surface area contributed by atoms with Crippen molar-refractivity contribution in [3.8, 4) is 11.5 Å². The van der Waals surface area contributed by atoms with Crippen molar-refractivity contribution in [1.29, 1.82) is 0 Å². The summed E-state index contributed by atoms with van der Waals surface area (Å²) in [6.45, 7) is 0. The van der Waals surface area contributed by atoms with E-state index in [1.165, 1.54) is 5.56 Å². The second-order valence-corrected chi connectivity index (χ2v) is 5.16. The molecule has 0 bridgehead atoms. The van der Waals surface area contributed by atoms with Crippen LogP contribution in [0.3, 0.4) is 0 Å². The van der Waals surface area contributed by atoms with E-state index in [1.54, 1.807) is 14.2 Å². The van der Waals surface area contributed by atoms with Gasteiger partial charge in [-0.1, -0.05) is 6.07 Å². The summed E-state index contributed by atoms with van der Waals surface area (Å²) in [6.07, 6.45) is 3.69. The van der Waals surface area contributed by atoms with Gasteiger partial charge in [0.1, 0.15) is 0 Å². The van der Waals surface area contributed by atoms with Gasteiger partial charge < -0.3 is 15.2 Å². The van der Waals surface area contributed by atoms with Crippen molar-refractivity contribution < 1.29 is 9.47 Å². The summed E-state index contributed by atoms with van der Waals surface area (Å²) in [6, 6.07) is 6.11. The van der Waals surface area contributed by atoms with Gasteiger partial charge in [0.2, 0.25) is 0 Å². The summed E-state index contributed by atoms with van der Waals surface area (Å²) in [5.41, 5.74) is 9.73. The van der Waals surface area contributed by atoms with Crippen molar-refractivity contribution in [2.45, 2.75) is 24.8 Å². The highest BCUT2D eigenvalue weighted by atomic mass is 16.5. The number of hydrogen-bond donors (Lipinski definition) is 2. The zero-order valence-electron chi connectivity index (χ0n) is 11.7. The molecule has 0 fully saturated rings. The summed E-state index contributed by atoms with van der Waals surface area (Å²) in [5.74, 6) is 1.88. The van der Waals surface area contributed by atoms with Gasteiger partial charge in [-0.15, -0.1) is 0 Å². The first-order valence-electron chi connectivity index (χ1n) is 6.72. The van der Waals surface area contributed by atoms with Crippen molar-refractivity contribution in [3.63, 3.8) is 0 Å². The normalized spacial score (nSPS) is 21.4. The van der Waals surface area contributed by atoms with Gasteiger partial charge in [0.15, 0.2) is 11.5 Å². The van der Waals surface area contributed by atoms with Crippen LogP contribution in [0.5, 0.6) is 11.5 Å². The molecule has 5 nitrogen and oxygen atoms in total. The topological polar surface area (TPSA) is 73.2 Å². The van der Waals surface area contributed by atoms with Crippen LogP contribution in [-0.4, -0.2) is 24.4 Å². The third-order valence-electron chi connectivity index (χ3n) is 4.02. The molecule has 3 rings (SSSR count). The molecule has 20 heavy (non-hydrogen) atoms. The first-order chi connectivity index (χ1) is 9.72. The minimum Gasteiger partial charge on any atom is -0.493 e. The molecule has 1 aromatic carbocycles.